The Kier molecular flexibility index (Phi) is 3.19. The van der Waals surface area contributed by atoms with Crippen molar-refractivity contribution < 1.29 is 4.39 Å². The van der Waals surface area contributed by atoms with Gasteiger partial charge in [-0.05, 0) is 12.8 Å². The lowest BCUT2D eigenvalue weighted by Gasteiger charge is -2.12. The van der Waals surface area contributed by atoms with Crippen LogP contribution < -0.4 is 5.32 Å². The second kappa shape index (κ2) is 4.25. The van der Waals surface area contributed by atoms with Crippen molar-refractivity contribution in [1.29, 1.82) is 0 Å². The van der Waals surface area contributed by atoms with Gasteiger partial charge in [0.15, 0.2) is 0 Å². The number of nitrogens with zero attached hydrogens (tertiary/aromatic N) is 1. The van der Waals surface area contributed by atoms with Crippen LogP contribution in [0.5, 0.6) is 0 Å². The zero-order chi connectivity index (χ0) is 7.23. The third kappa shape index (κ3) is 2.33. The van der Waals surface area contributed by atoms with Crippen LogP contribution in [-0.2, 0) is 0 Å². The second-order valence-electron chi connectivity index (χ2n) is 2.40. The number of hydrogen-bond donors (Lipinski definition) is 1. The molecule has 0 unspecified atom stereocenters. The van der Waals surface area contributed by atoms with Crippen LogP contribution in [0.4, 0.5) is 4.39 Å². The number of hydrogen-bond acceptors (Lipinski definition) is 2. The molecular formula is C7H13FN2. The minimum atomic E-state index is -0.307. The van der Waals surface area contributed by atoms with E-state index in [1.807, 2.05) is 0 Å². The van der Waals surface area contributed by atoms with Crippen LogP contribution in [0.2, 0.25) is 0 Å². The molecule has 0 aliphatic carbocycles. The molecule has 0 aromatic carbocycles. The molecule has 0 bridgehead atoms. The highest BCUT2D eigenvalue weighted by atomic mass is 19.1. The molecule has 0 aromatic heterocycles. The van der Waals surface area contributed by atoms with Crippen LogP contribution in [0.1, 0.15) is 19.3 Å². The summed E-state index contributed by atoms with van der Waals surface area (Å²) in [5, 5.41) is 2.95. The highest BCUT2D eigenvalue weighted by Crippen LogP contribution is 2.03. The summed E-state index contributed by atoms with van der Waals surface area (Å²) in [5.74, 6) is 0.990. The molecule has 0 aromatic rings. The number of alkyl halides is 1. The van der Waals surface area contributed by atoms with Gasteiger partial charge in [-0.25, -0.2) is 4.39 Å². The monoisotopic (exact) mass is 144 g/mol. The van der Waals surface area contributed by atoms with Crippen LogP contribution in [0, 0.1) is 0 Å². The van der Waals surface area contributed by atoms with Crippen molar-refractivity contribution in [2.24, 2.45) is 4.99 Å². The van der Waals surface area contributed by atoms with E-state index in [1.165, 1.54) is 12.8 Å². The van der Waals surface area contributed by atoms with Gasteiger partial charge in [0.25, 0.3) is 0 Å². The Morgan fingerprint density at radius 1 is 1.50 bits per heavy atom. The lowest BCUT2D eigenvalue weighted by molar-refractivity contribution is 0.488. The number of aliphatic imine (C=N–C) groups is 1. The van der Waals surface area contributed by atoms with E-state index >= 15 is 0 Å². The van der Waals surface area contributed by atoms with Crippen LogP contribution in [0.15, 0.2) is 4.99 Å². The zero-order valence-electron chi connectivity index (χ0n) is 6.07. The topological polar surface area (TPSA) is 24.4 Å². The van der Waals surface area contributed by atoms with E-state index in [4.69, 9.17) is 0 Å². The first-order valence-corrected chi connectivity index (χ1v) is 3.76. The van der Waals surface area contributed by atoms with Crippen molar-refractivity contribution in [3.8, 4) is 0 Å². The number of halogens is 1. The van der Waals surface area contributed by atoms with E-state index in [0.717, 1.165) is 18.8 Å². The van der Waals surface area contributed by atoms with Crippen molar-refractivity contribution in [2.45, 2.75) is 19.3 Å². The maximum Gasteiger partial charge on any atom is 0.107 e. The molecule has 0 saturated heterocycles. The van der Waals surface area contributed by atoms with E-state index in [2.05, 4.69) is 10.3 Å². The molecule has 0 fully saturated rings. The van der Waals surface area contributed by atoms with Gasteiger partial charge in [-0.1, -0.05) is 0 Å². The highest BCUT2D eigenvalue weighted by molar-refractivity contribution is 5.82. The van der Waals surface area contributed by atoms with E-state index in [1.54, 1.807) is 0 Å². The summed E-state index contributed by atoms with van der Waals surface area (Å²) >= 11 is 0. The summed E-state index contributed by atoms with van der Waals surface area (Å²) in [6, 6.07) is 0. The van der Waals surface area contributed by atoms with Gasteiger partial charge in [-0.15, -0.1) is 0 Å². The van der Waals surface area contributed by atoms with E-state index in [0.29, 0.717) is 6.54 Å². The molecular weight excluding hydrogens is 131 g/mol. The van der Waals surface area contributed by atoms with Gasteiger partial charge in [-0.3, -0.25) is 4.99 Å². The molecule has 1 heterocycles. The molecule has 0 spiro atoms. The Bertz CT molecular complexity index is 123. The van der Waals surface area contributed by atoms with E-state index in [9.17, 15) is 4.39 Å². The zero-order valence-corrected chi connectivity index (χ0v) is 6.07. The van der Waals surface area contributed by atoms with Crippen LogP contribution in [0.25, 0.3) is 0 Å². The smallest absolute Gasteiger partial charge is 0.107 e. The summed E-state index contributed by atoms with van der Waals surface area (Å²) in [5.41, 5.74) is 0. The van der Waals surface area contributed by atoms with Gasteiger partial charge in [0.1, 0.15) is 6.67 Å². The molecule has 0 saturated carbocycles. The Morgan fingerprint density at radius 2 is 2.40 bits per heavy atom. The first-order chi connectivity index (χ1) is 4.93. The molecule has 10 heavy (non-hydrogen) atoms. The Morgan fingerprint density at radius 3 is 3.00 bits per heavy atom. The summed E-state index contributed by atoms with van der Waals surface area (Å²) in [6.45, 7) is 1.02. The molecule has 0 radical (unpaired) electrons. The van der Waals surface area contributed by atoms with Crippen molar-refractivity contribution in [3.63, 3.8) is 0 Å². The van der Waals surface area contributed by atoms with E-state index < -0.39 is 0 Å². The summed E-state index contributed by atoms with van der Waals surface area (Å²) in [7, 11) is 0. The molecule has 1 N–H and O–H groups in total. The summed E-state index contributed by atoms with van der Waals surface area (Å²) in [6.07, 6.45) is 3.37. The van der Waals surface area contributed by atoms with Crippen molar-refractivity contribution >= 4 is 5.84 Å². The Hall–Kier alpha value is -0.600. The van der Waals surface area contributed by atoms with Gasteiger partial charge in [0.05, 0.1) is 5.84 Å². The molecule has 0 amide bonds. The molecule has 3 heteroatoms. The predicted molar refractivity (Wildman–Crippen MR) is 40.1 cm³/mol. The van der Waals surface area contributed by atoms with Crippen LogP contribution >= 0.6 is 0 Å². The minimum Gasteiger partial charge on any atom is -0.371 e. The van der Waals surface area contributed by atoms with Gasteiger partial charge < -0.3 is 5.32 Å². The molecule has 0 atom stereocenters. The molecule has 1 rings (SSSR count). The lowest BCUT2D eigenvalue weighted by Crippen LogP contribution is -2.27. The summed E-state index contributed by atoms with van der Waals surface area (Å²) in [4.78, 5) is 4.21. The van der Waals surface area contributed by atoms with Crippen LogP contribution in [0.3, 0.4) is 0 Å². The highest BCUT2D eigenvalue weighted by Gasteiger charge is 2.02. The maximum absolute atomic E-state index is 11.6. The van der Waals surface area contributed by atoms with Crippen molar-refractivity contribution in [3.05, 3.63) is 0 Å². The first kappa shape index (κ1) is 7.51. The van der Waals surface area contributed by atoms with Gasteiger partial charge >= 0.3 is 0 Å². The average molecular weight is 144 g/mol. The predicted octanol–water partition coefficient (Wildman–Crippen LogP) is 1.13. The van der Waals surface area contributed by atoms with Gasteiger partial charge in [0, 0.05) is 19.5 Å². The van der Waals surface area contributed by atoms with Gasteiger partial charge in [-0.2, -0.15) is 0 Å². The van der Waals surface area contributed by atoms with Crippen molar-refractivity contribution in [1.82, 2.24) is 5.32 Å². The number of rotatable bonds is 2. The maximum atomic E-state index is 11.6. The van der Waals surface area contributed by atoms with Crippen LogP contribution in [-0.4, -0.2) is 25.6 Å². The summed E-state index contributed by atoms with van der Waals surface area (Å²) < 4.78 is 11.6. The first-order valence-electron chi connectivity index (χ1n) is 3.76. The molecule has 1 aliphatic rings. The number of nitrogens with one attached hydrogen (secondary N) is 1. The number of amidine groups is 1. The largest absolute Gasteiger partial charge is 0.371 e. The fraction of sp³-hybridized carbons (Fsp3) is 0.857. The molecule has 1 aliphatic heterocycles. The molecule has 58 valence electrons. The third-order valence-corrected chi connectivity index (χ3v) is 1.55. The van der Waals surface area contributed by atoms with Crippen molar-refractivity contribution in [2.75, 3.05) is 19.8 Å². The Balaban J connectivity index is 2.18. The standard InChI is InChI=1S/C7H13FN2/c8-4-6-10-7-3-1-2-5-9-7/h1-6H2,(H,9,10). The lowest BCUT2D eigenvalue weighted by atomic mass is 10.2. The normalized spacial score (nSPS) is 18.3. The van der Waals surface area contributed by atoms with Gasteiger partial charge in [0.2, 0.25) is 0 Å². The molecule has 2 nitrogen and oxygen atoms in total. The third-order valence-electron chi connectivity index (χ3n) is 1.55. The SMILES string of the molecule is FCCNC1=NCCCC1. The fourth-order valence-corrected chi connectivity index (χ4v) is 1.03. The minimum absolute atomic E-state index is 0.307. The quantitative estimate of drug-likeness (QED) is 0.617. The average Bonchev–Trinajstić information content (AvgIpc) is 2.03. The van der Waals surface area contributed by atoms with E-state index in [-0.39, 0.29) is 6.67 Å². The fourth-order valence-electron chi connectivity index (χ4n) is 1.03. The second-order valence-corrected chi connectivity index (χ2v) is 2.40. The Labute approximate surface area is 60.5 Å².